The Hall–Kier alpha value is -0.0531. The van der Waals surface area contributed by atoms with E-state index in [9.17, 15) is 4.55 Å². The highest BCUT2D eigenvalue weighted by Crippen LogP contribution is 2.37. The molecule has 1 aromatic rings. The number of pyridine rings is 1. The summed E-state index contributed by atoms with van der Waals surface area (Å²) in [6, 6.07) is 4.05. The normalized spacial score (nSPS) is 15.6. The van der Waals surface area contributed by atoms with Crippen LogP contribution < -0.4 is 4.72 Å². The van der Waals surface area contributed by atoms with Crippen LogP contribution in [0.15, 0.2) is 23.2 Å². The summed E-state index contributed by atoms with van der Waals surface area (Å²) in [6.45, 7) is 20.0. The largest absolute Gasteiger partial charge is 0.598 e. The molecule has 1 rings (SSSR count). The molecule has 0 radical (unpaired) electrons. The Morgan fingerprint density at radius 1 is 1.22 bits per heavy atom. The van der Waals surface area contributed by atoms with Crippen molar-refractivity contribution in [1.82, 2.24) is 9.71 Å². The van der Waals surface area contributed by atoms with E-state index in [1.807, 2.05) is 33.0 Å². The van der Waals surface area contributed by atoms with Crippen molar-refractivity contribution in [2.24, 2.45) is 0 Å². The molecule has 1 unspecified atom stereocenters. The van der Waals surface area contributed by atoms with Crippen molar-refractivity contribution < 1.29 is 8.98 Å². The smallest absolute Gasteiger partial charge is 0.191 e. The standard InChI is InChI=1S/C20H38N2O2S2Si/c1-10-25-16-11-12-17(21-15-16)18(22-26(23)19(2,3)4)13-14-24-27(8,9)20(5,6)7/h11-12,15,18,22H,10,13-14H2,1-9H3/t18-,26?/m0/s1. The third kappa shape index (κ3) is 8.07. The summed E-state index contributed by atoms with van der Waals surface area (Å²) in [7, 11) is -1.80. The second-order valence-corrected chi connectivity index (χ2v) is 17.4. The van der Waals surface area contributed by atoms with E-state index in [0.29, 0.717) is 6.61 Å². The fourth-order valence-electron chi connectivity index (χ4n) is 2.07. The summed E-state index contributed by atoms with van der Waals surface area (Å²) in [4.78, 5) is 5.80. The van der Waals surface area contributed by atoms with Gasteiger partial charge in [0.25, 0.3) is 0 Å². The predicted molar refractivity (Wildman–Crippen MR) is 122 cm³/mol. The molecule has 0 bridgehead atoms. The Morgan fingerprint density at radius 3 is 2.30 bits per heavy atom. The van der Waals surface area contributed by atoms with Gasteiger partial charge < -0.3 is 8.98 Å². The minimum Gasteiger partial charge on any atom is -0.598 e. The lowest BCUT2D eigenvalue weighted by Crippen LogP contribution is -2.43. The monoisotopic (exact) mass is 430 g/mol. The molecule has 0 spiro atoms. The maximum absolute atomic E-state index is 12.7. The Balaban J connectivity index is 2.88. The number of aromatic nitrogens is 1. The quantitative estimate of drug-likeness (QED) is 0.309. The van der Waals surface area contributed by atoms with E-state index in [-0.39, 0.29) is 15.8 Å². The van der Waals surface area contributed by atoms with E-state index in [0.717, 1.165) is 22.8 Å². The van der Waals surface area contributed by atoms with E-state index in [1.165, 1.54) is 0 Å². The number of rotatable bonds is 9. The minimum atomic E-state index is -1.80. The molecule has 2 atom stereocenters. The summed E-state index contributed by atoms with van der Waals surface area (Å²) >= 11 is 0.618. The number of nitrogens with zero attached hydrogens (tertiary/aromatic N) is 1. The van der Waals surface area contributed by atoms with Gasteiger partial charge in [-0.15, -0.1) is 16.5 Å². The van der Waals surface area contributed by atoms with Crippen LogP contribution in [0.3, 0.4) is 0 Å². The fourth-order valence-corrected chi connectivity index (χ4v) is 4.61. The first-order chi connectivity index (χ1) is 12.3. The van der Waals surface area contributed by atoms with Gasteiger partial charge in [0.1, 0.15) is 4.75 Å². The van der Waals surface area contributed by atoms with Gasteiger partial charge in [-0.1, -0.05) is 27.7 Å². The SMILES string of the molecule is CCSc1ccc([C@H](CCO[Si](C)(C)C(C)(C)C)N[S+]([O-])C(C)(C)C)nc1. The lowest BCUT2D eigenvalue weighted by molar-refractivity contribution is 0.267. The molecular formula is C20H38N2O2S2Si. The van der Waals surface area contributed by atoms with E-state index < -0.39 is 19.7 Å². The molecule has 7 heteroatoms. The summed E-state index contributed by atoms with van der Waals surface area (Å²) in [6.07, 6.45) is 2.66. The molecule has 1 heterocycles. The number of hydrogen-bond acceptors (Lipinski definition) is 5. The van der Waals surface area contributed by atoms with Crippen LogP contribution in [0.1, 0.15) is 66.6 Å². The molecule has 0 aliphatic carbocycles. The van der Waals surface area contributed by atoms with Gasteiger partial charge in [-0.3, -0.25) is 4.98 Å². The average molecular weight is 431 g/mol. The molecule has 27 heavy (non-hydrogen) atoms. The molecule has 0 amide bonds. The van der Waals surface area contributed by atoms with Crippen molar-refractivity contribution >= 4 is 31.4 Å². The topological polar surface area (TPSA) is 57.2 Å². The predicted octanol–water partition coefficient (Wildman–Crippen LogP) is 5.70. The van der Waals surface area contributed by atoms with Crippen LogP contribution >= 0.6 is 11.8 Å². The van der Waals surface area contributed by atoms with Crippen LogP contribution in [-0.2, 0) is 15.8 Å². The van der Waals surface area contributed by atoms with Gasteiger partial charge in [-0.25, -0.2) is 0 Å². The number of hydrogen-bond donors (Lipinski definition) is 1. The van der Waals surface area contributed by atoms with Crippen molar-refractivity contribution in [3.63, 3.8) is 0 Å². The van der Waals surface area contributed by atoms with Crippen molar-refractivity contribution in [2.45, 2.75) is 88.7 Å². The van der Waals surface area contributed by atoms with Crippen LogP contribution in [-0.4, -0.2) is 35.0 Å². The summed E-state index contributed by atoms with van der Waals surface area (Å²) in [5.74, 6) is 1.02. The van der Waals surface area contributed by atoms with E-state index in [1.54, 1.807) is 11.8 Å². The molecular weight excluding hydrogens is 392 g/mol. The van der Waals surface area contributed by atoms with Gasteiger partial charge in [0.15, 0.2) is 8.32 Å². The molecule has 0 aliphatic rings. The first kappa shape index (κ1) is 25.0. The fraction of sp³-hybridized carbons (Fsp3) is 0.750. The highest BCUT2D eigenvalue weighted by molar-refractivity contribution is 7.99. The van der Waals surface area contributed by atoms with Gasteiger partial charge in [0.2, 0.25) is 0 Å². The molecule has 0 aromatic carbocycles. The lowest BCUT2D eigenvalue weighted by atomic mass is 10.1. The molecule has 4 nitrogen and oxygen atoms in total. The van der Waals surface area contributed by atoms with Crippen LogP contribution in [0.5, 0.6) is 0 Å². The van der Waals surface area contributed by atoms with E-state index in [2.05, 4.69) is 56.6 Å². The minimum absolute atomic E-state index is 0.0875. The third-order valence-electron chi connectivity index (χ3n) is 4.91. The summed E-state index contributed by atoms with van der Waals surface area (Å²) < 4.78 is 22.0. The average Bonchev–Trinajstić information content (AvgIpc) is 2.52. The Morgan fingerprint density at radius 2 is 1.85 bits per heavy atom. The maximum Gasteiger partial charge on any atom is 0.191 e. The number of thioether (sulfide) groups is 1. The summed E-state index contributed by atoms with van der Waals surface area (Å²) in [5.41, 5.74) is 0.923. The van der Waals surface area contributed by atoms with Crippen molar-refractivity contribution in [3.05, 3.63) is 24.0 Å². The van der Waals surface area contributed by atoms with Crippen LogP contribution in [0, 0.1) is 0 Å². The Bertz CT molecular complexity index is 569. The van der Waals surface area contributed by atoms with Crippen molar-refractivity contribution in [3.8, 4) is 0 Å². The Labute approximate surface area is 175 Å². The zero-order chi connectivity index (χ0) is 20.9. The van der Waals surface area contributed by atoms with E-state index >= 15 is 0 Å². The molecule has 0 saturated heterocycles. The Kier molecular flexibility index (Phi) is 9.36. The second-order valence-electron chi connectivity index (χ2n) is 9.30. The molecule has 156 valence electrons. The highest BCUT2D eigenvalue weighted by atomic mass is 32.2. The van der Waals surface area contributed by atoms with Crippen LogP contribution in [0.25, 0.3) is 0 Å². The van der Waals surface area contributed by atoms with Crippen LogP contribution in [0.4, 0.5) is 0 Å². The first-order valence-corrected chi connectivity index (χ1v) is 14.7. The molecule has 1 N–H and O–H groups in total. The molecule has 1 aromatic heterocycles. The highest BCUT2D eigenvalue weighted by Gasteiger charge is 2.37. The molecule has 0 saturated carbocycles. The van der Waals surface area contributed by atoms with Crippen molar-refractivity contribution in [1.29, 1.82) is 0 Å². The second kappa shape index (κ2) is 10.1. The molecule has 0 fully saturated rings. The number of nitrogens with one attached hydrogen (secondary N) is 1. The van der Waals surface area contributed by atoms with Crippen molar-refractivity contribution in [2.75, 3.05) is 12.4 Å². The summed E-state index contributed by atoms with van der Waals surface area (Å²) in [5, 5.41) is 0.182. The van der Waals surface area contributed by atoms with E-state index in [4.69, 9.17) is 4.43 Å². The first-order valence-electron chi connectivity index (χ1n) is 9.68. The maximum atomic E-state index is 12.7. The van der Waals surface area contributed by atoms with Gasteiger partial charge in [0, 0.05) is 29.1 Å². The van der Waals surface area contributed by atoms with Gasteiger partial charge >= 0.3 is 0 Å². The zero-order valence-electron chi connectivity index (χ0n) is 18.5. The third-order valence-corrected chi connectivity index (χ3v) is 11.9. The van der Waals surface area contributed by atoms with Crippen LogP contribution in [0.2, 0.25) is 18.1 Å². The lowest BCUT2D eigenvalue weighted by Gasteiger charge is -2.36. The molecule has 0 aliphatic heterocycles. The van der Waals surface area contributed by atoms with Gasteiger partial charge in [-0.05, 0) is 63.2 Å². The van der Waals surface area contributed by atoms with Gasteiger partial charge in [0.05, 0.1) is 11.7 Å². The van der Waals surface area contributed by atoms with Gasteiger partial charge in [-0.2, -0.15) is 0 Å². The zero-order valence-corrected chi connectivity index (χ0v) is 21.1.